The summed E-state index contributed by atoms with van der Waals surface area (Å²) in [5.74, 6) is 0.860. The summed E-state index contributed by atoms with van der Waals surface area (Å²) in [7, 11) is 3.29. The lowest BCUT2D eigenvalue weighted by Crippen LogP contribution is -2.38. The van der Waals surface area contributed by atoms with Gasteiger partial charge in [-0.15, -0.1) is 35.3 Å². The van der Waals surface area contributed by atoms with Gasteiger partial charge in [-0.25, -0.2) is 14.8 Å². The second-order valence-electron chi connectivity index (χ2n) is 5.69. The highest BCUT2D eigenvalue weighted by molar-refractivity contribution is 14.0. The van der Waals surface area contributed by atoms with E-state index in [0.29, 0.717) is 35.6 Å². The molecule has 154 valence electrons. The Morgan fingerprint density at radius 1 is 1.43 bits per heavy atom. The van der Waals surface area contributed by atoms with Crippen LogP contribution < -0.4 is 15.4 Å². The zero-order chi connectivity index (χ0) is 19.8. The summed E-state index contributed by atoms with van der Waals surface area (Å²) in [5, 5.41) is 7.32. The fourth-order valence-electron chi connectivity index (χ4n) is 2.31. The van der Waals surface area contributed by atoms with Gasteiger partial charge in [0.15, 0.2) is 5.96 Å². The van der Waals surface area contributed by atoms with E-state index in [4.69, 9.17) is 9.47 Å². The first-order chi connectivity index (χ1) is 13.0. The van der Waals surface area contributed by atoms with Crippen LogP contribution in [0.15, 0.2) is 23.3 Å². The quantitative estimate of drug-likeness (QED) is 0.251. The van der Waals surface area contributed by atoms with Crippen LogP contribution in [-0.4, -0.2) is 42.7 Å². The molecule has 0 fully saturated rings. The molecule has 0 saturated heterocycles. The number of rotatable bonds is 7. The molecule has 0 bridgehead atoms. The number of aryl methyl sites for hydroxylation is 1. The minimum absolute atomic E-state index is 0. The van der Waals surface area contributed by atoms with Crippen LogP contribution in [0.2, 0.25) is 0 Å². The van der Waals surface area contributed by atoms with Crippen molar-refractivity contribution in [1.29, 1.82) is 0 Å². The predicted octanol–water partition coefficient (Wildman–Crippen LogP) is 3.08. The minimum atomic E-state index is -0.333. The SMILES string of the molecule is CCOC(=O)c1sc(C(C)NC(=NC)NCc2ccnc(OC)c2)nc1C.I. The van der Waals surface area contributed by atoms with Crippen molar-refractivity contribution in [3.63, 3.8) is 0 Å². The second kappa shape index (κ2) is 11.8. The molecule has 1 unspecified atom stereocenters. The van der Waals surface area contributed by atoms with Crippen molar-refractivity contribution in [2.45, 2.75) is 33.4 Å². The van der Waals surface area contributed by atoms with E-state index in [1.54, 1.807) is 27.3 Å². The van der Waals surface area contributed by atoms with Crippen molar-refractivity contribution in [2.75, 3.05) is 20.8 Å². The van der Waals surface area contributed by atoms with Gasteiger partial charge < -0.3 is 20.1 Å². The molecule has 0 aromatic carbocycles. The number of aliphatic imine (C=N–C) groups is 1. The van der Waals surface area contributed by atoms with E-state index >= 15 is 0 Å². The van der Waals surface area contributed by atoms with Crippen molar-refractivity contribution in [2.24, 2.45) is 4.99 Å². The number of aromatic nitrogens is 2. The van der Waals surface area contributed by atoms with Gasteiger partial charge in [0.1, 0.15) is 9.88 Å². The molecule has 28 heavy (non-hydrogen) atoms. The fraction of sp³-hybridized carbons (Fsp3) is 0.444. The lowest BCUT2D eigenvalue weighted by Gasteiger charge is -2.16. The second-order valence-corrected chi connectivity index (χ2v) is 6.72. The predicted molar refractivity (Wildman–Crippen MR) is 121 cm³/mol. The Morgan fingerprint density at radius 3 is 2.82 bits per heavy atom. The monoisotopic (exact) mass is 519 g/mol. The van der Waals surface area contributed by atoms with Gasteiger partial charge in [-0.2, -0.15) is 0 Å². The number of pyridine rings is 1. The minimum Gasteiger partial charge on any atom is -0.481 e. The van der Waals surface area contributed by atoms with Crippen LogP contribution in [0.25, 0.3) is 0 Å². The van der Waals surface area contributed by atoms with Crippen LogP contribution in [0, 0.1) is 6.92 Å². The number of carbonyl (C=O) groups is 1. The largest absolute Gasteiger partial charge is 0.481 e. The van der Waals surface area contributed by atoms with Gasteiger partial charge in [0.25, 0.3) is 0 Å². The van der Waals surface area contributed by atoms with E-state index in [2.05, 4.69) is 25.6 Å². The van der Waals surface area contributed by atoms with E-state index in [-0.39, 0.29) is 36.0 Å². The van der Waals surface area contributed by atoms with Crippen molar-refractivity contribution in [3.05, 3.63) is 39.5 Å². The van der Waals surface area contributed by atoms with Crippen molar-refractivity contribution in [3.8, 4) is 5.88 Å². The van der Waals surface area contributed by atoms with Gasteiger partial charge in [0.05, 0.1) is 25.5 Å². The van der Waals surface area contributed by atoms with Gasteiger partial charge in [0, 0.05) is 25.9 Å². The highest BCUT2D eigenvalue weighted by Crippen LogP contribution is 2.24. The highest BCUT2D eigenvalue weighted by Gasteiger charge is 2.20. The molecule has 2 aromatic heterocycles. The summed E-state index contributed by atoms with van der Waals surface area (Å²) >= 11 is 1.33. The lowest BCUT2D eigenvalue weighted by atomic mass is 10.2. The Hall–Kier alpha value is -1.95. The van der Waals surface area contributed by atoms with Crippen molar-refractivity contribution < 1.29 is 14.3 Å². The first-order valence-electron chi connectivity index (χ1n) is 8.59. The molecule has 2 rings (SSSR count). The van der Waals surface area contributed by atoms with E-state index in [0.717, 1.165) is 10.6 Å². The third-order valence-electron chi connectivity index (χ3n) is 3.69. The number of nitrogens with zero attached hydrogens (tertiary/aromatic N) is 3. The molecule has 0 spiro atoms. The van der Waals surface area contributed by atoms with Crippen LogP contribution in [0.3, 0.4) is 0 Å². The third kappa shape index (κ3) is 6.59. The smallest absolute Gasteiger partial charge is 0.350 e. The summed E-state index contributed by atoms with van der Waals surface area (Å²) in [5.41, 5.74) is 1.70. The molecule has 0 saturated carbocycles. The fourth-order valence-corrected chi connectivity index (χ4v) is 3.27. The van der Waals surface area contributed by atoms with Gasteiger partial charge in [0.2, 0.25) is 5.88 Å². The number of esters is 1. The molecule has 2 heterocycles. The number of hydrogen-bond donors (Lipinski definition) is 2. The average molecular weight is 519 g/mol. The Labute approximate surface area is 186 Å². The Morgan fingerprint density at radius 2 is 2.18 bits per heavy atom. The first kappa shape index (κ1) is 24.1. The lowest BCUT2D eigenvalue weighted by molar-refractivity contribution is 0.0531. The van der Waals surface area contributed by atoms with Crippen LogP contribution in [-0.2, 0) is 11.3 Å². The molecule has 1 atom stereocenters. The normalized spacial score (nSPS) is 12.0. The summed E-state index contributed by atoms with van der Waals surface area (Å²) in [6.45, 7) is 6.47. The molecular formula is C18H26IN5O3S. The van der Waals surface area contributed by atoms with E-state index < -0.39 is 0 Å². The molecule has 0 aliphatic heterocycles. The number of carbonyl (C=O) groups excluding carboxylic acids is 1. The summed E-state index contributed by atoms with van der Waals surface area (Å²) in [6.07, 6.45) is 1.70. The Kier molecular flexibility index (Phi) is 10.1. The number of halogens is 1. The molecule has 0 amide bonds. The number of methoxy groups -OCH3 is 1. The molecular weight excluding hydrogens is 493 g/mol. The Balaban J connectivity index is 0.00000392. The molecule has 0 aliphatic rings. The first-order valence-corrected chi connectivity index (χ1v) is 9.40. The van der Waals surface area contributed by atoms with Gasteiger partial charge in [-0.05, 0) is 32.4 Å². The van der Waals surface area contributed by atoms with Crippen LogP contribution in [0.1, 0.15) is 45.8 Å². The number of thiazole rings is 1. The topological polar surface area (TPSA) is 97.7 Å². The number of guanidine groups is 1. The summed E-state index contributed by atoms with van der Waals surface area (Å²) in [6, 6.07) is 3.65. The zero-order valence-electron chi connectivity index (χ0n) is 16.6. The van der Waals surface area contributed by atoms with Gasteiger partial charge in [-0.1, -0.05) is 0 Å². The number of hydrogen-bond acceptors (Lipinski definition) is 7. The van der Waals surface area contributed by atoms with E-state index in [1.165, 1.54) is 11.3 Å². The standard InChI is InChI=1S/C18H25N5O3S.HI/c1-6-26-17(24)15-11(2)22-16(27-15)12(3)23-18(19-4)21-10-13-7-8-20-14(9-13)25-5;/h7-9,12H,6,10H2,1-5H3,(H2,19,21,23);1H. The van der Waals surface area contributed by atoms with Crippen LogP contribution in [0.5, 0.6) is 5.88 Å². The maximum absolute atomic E-state index is 12.0. The third-order valence-corrected chi connectivity index (χ3v) is 5.01. The Bertz CT molecular complexity index is 812. The number of ether oxygens (including phenoxy) is 2. The maximum Gasteiger partial charge on any atom is 0.350 e. The van der Waals surface area contributed by atoms with E-state index in [9.17, 15) is 4.79 Å². The zero-order valence-corrected chi connectivity index (χ0v) is 19.8. The number of nitrogens with one attached hydrogen (secondary N) is 2. The maximum atomic E-state index is 12.0. The van der Waals surface area contributed by atoms with E-state index in [1.807, 2.05) is 26.0 Å². The summed E-state index contributed by atoms with van der Waals surface area (Å²) in [4.78, 5) is 25.3. The van der Waals surface area contributed by atoms with Crippen molar-refractivity contribution in [1.82, 2.24) is 20.6 Å². The highest BCUT2D eigenvalue weighted by atomic mass is 127. The van der Waals surface area contributed by atoms with Crippen molar-refractivity contribution >= 4 is 47.2 Å². The average Bonchev–Trinajstić information content (AvgIpc) is 3.07. The molecule has 2 N–H and O–H groups in total. The van der Waals surface area contributed by atoms with Gasteiger partial charge >= 0.3 is 5.97 Å². The molecule has 2 aromatic rings. The van der Waals surface area contributed by atoms with Crippen LogP contribution in [0.4, 0.5) is 0 Å². The van der Waals surface area contributed by atoms with Crippen LogP contribution >= 0.6 is 35.3 Å². The van der Waals surface area contributed by atoms with Gasteiger partial charge in [-0.3, -0.25) is 4.99 Å². The summed E-state index contributed by atoms with van der Waals surface area (Å²) < 4.78 is 10.2. The molecule has 0 aliphatic carbocycles. The molecule has 10 heteroatoms. The molecule has 8 nitrogen and oxygen atoms in total. The molecule has 0 radical (unpaired) electrons.